The van der Waals surface area contributed by atoms with Gasteiger partial charge in [-0.05, 0) is 45.2 Å². The molecular weight excluding hydrogens is 278 g/mol. The van der Waals surface area contributed by atoms with E-state index in [-0.39, 0.29) is 0 Å². The van der Waals surface area contributed by atoms with E-state index in [1.807, 2.05) is 6.92 Å². The first-order chi connectivity index (χ1) is 9.60. The molecule has 0 aliphatic carbocycles. The zero-order valence-electron chi connectivity index (χ0n) is 12.7. The van der Waals surface area contributed by atoms with Crippen LogP contribution in [0.5, 0.6) is 0 Å². The molecule has 0 bridgehead atoms. The Morgan fingerprint density at radius 1 is 1.35 bits per heavy atom. The van der Waals surface area contributed by atoms with Crippen molar-refractivity contribution in [3.63, 3.8) is 0 Å². The Labute approximate surface area is 123 Å². The summed E-state index contributed by atoms with van der Waals surface area (Å²) in [6, 6.07) is 0. The van der Waals surface area contributed by atoms with Crippen molar-refractivity contribution in [2.75, 3.05) is 45.9 Å². The molecule has 0 aromatic heterocycles. The highest BCUT2D eigenvalue weighted by molar-refractivity contribution is 7.87. The molecule has 0 aromatic carbocycles. The first kappa shape index (κ1) is 17.8. The lowest BCUT2D eigenvalue weighted by atomic mass is 10.00. The molecule has 1 fully saturated rings. The summed E-state index contributed by atoms with van der Waals surface area (Å²) in [6.07, 6.45) is 2.75. The van der Waals surface area contributed by atoms with Gasteiger partial charge in [-0.1, -0.05) is 6.92 Å². The first-order valence-electron chi connectivity index (χ1n) is 7.63. The third-order valence-electron chi connectivity index (χ3n) is 3.46. The van der Waals surface area contributed by atoms with Gasteiger partial charge >= 0.3 is 0 Å². The van der Waals surface area contributed by atoms with Crippen molar-refractivity contribution in [1.29, 1.82) is 0 Å². The zero-order chi connectivity index (χ0) is 14.8. The third kappa shape index (κ3) is 6.49. The Kier molecular flexibility index (Phi) is 8.63. The van der Waals surface area contributed by atoms with Crippen LogP contribution in [0.3, 0.4) is 0 Å². The van der Waals surface area contributed by atoms with Gasteiger partial charge in [-0.3, -0.25) is 0 Å². The standard InChI is InChI=1S/C13H29N3O3S/c1-3-14-11-13-7-5-9-16(12-13)20(17,18)15-8-6-10-19-4-2/h13-15H,3-12H2,1-2H3. The van der Waals surface area contributed by atoms with Gasteiger partial charge in [-0.25, -0.2) is 4.72 Å². The quantitative estimate of drug-likeness (QED) is 0.579. The number of rotatable bonds is 10. The fraction of sp³-hybridized carbons (Fsp3) is 1.00. The Balaban J connectivity index is 2.34. The van der Waals surface area contributed by atoms with E-state index in [1.165, 1.54) is 0 Å². The Hall–Kier alpha value is -0.210. The molecular formula is C13H29N3O3S. The van der Waals surface area contributed by atoms with E-state index in [0.29, 0.717) is 45.2 Å². The molecule has 7 heteroatoms. The molecule has 1 atom stereocenters. The van der Waals surface area contributed by atoms with Gasteiger partial charge in [0.2, 0.25) is 0 Å². The fourth-order valence-electron chi connectivity index (χ4n) is 2.37. The first-order valence-corrected chi connectivity index (χ1v) is 9.07. The zero-order valence-corrected chi connectivity index (χ0v) is 13.5. The van der Waals surface area contributed by atoms with Crippen molar-refractivity contribution in [1.82, 2.24) is 14.3 Å². The SMILES string of the molecule is CCNCC1CCCN(S(=O)(=O)NCCCOCC)C1. The molecule has 0 radical (unpaired) electrons. The van der Waals surface area contributed by atoms with E-state index in [2.05, 4.69) is 17.0 Å². The summed E-state index contributed by atoms with van der Waals surface area (Å²) in [5.74, 6) is 0.420. The Morgan fingerprint density at radius 2 is 2.15 bits per heavy atom. The topological polar surface area (TPSA) is 70.7 Å². The molecule has 0 aromatic rings. The summed E-state index contributed by atoms with van der Waals surface area (Å²) in [7, 11) is -3.33. The second-order valence-corrected chi connectivity index (χ2v) is 6.88. The lowest BCUT2D eigenvalue weighted by Crippen LogP contribution is -2.47. The number of piperidine rings is 1. The normalized spacial score (nSPS) is 21.2. The Bertz CT molecular complexity index is 349. The predicted octanol–water partition coefficient (Wildman–Crippen LogP) is 0.569. The van der Waals surface area contributed by atoms with Crippen LogP contribution in [0.4, 0.5) is 0 Å². The molecule has 0 amide bonds. The Morgan fingerprint density at radius 3 is 2.85 bits per heavy atom. The van der Waals surface area contributed by atoms with Gasteiger partial charge in [0.1, 0.15) is 0 Å². The number of ether oxygens (including phenoxy) is 1. The maximum absolute atomic E-state index is 12.2. The van der Waals surface area contributed by atoms with Crippen LogP contribution < -0.4 is 10.0 Å². The summed E-state index contributed by atoms with van der Waals surface area (Å²) in [5.41, 5.74) is 0. The minimum Gasteiger partial charge on any atom is -0.382 e. The second kappa shape index (κ2) is 9.68. The number of nitrogens with zero attached hydrogens (tertiary/aromatic N) is 1. The number of hydrogen-bond donors (Lipinski definition) is 2. The van der Waals surface area contributed by atoms with Gasteiger partial charge in [0, 0.05) is 32.8 Å². The predicted molar refractivity (Wildman–Crippen MR) is 80.9 cm³/mol. The third-order valence-corrected chi connectivity index (χ3v) is 5.04. The molecule has 6 nitrogen and oxygen atoms in total. The smallest absolute Gasteiger partial charge is 0.279 e. The van der Waals surface area contributed by atoms with Crippen molar-refractivity contribution in [3.8, 4) is 0 Å². The van der Waals surface area contributed by atoms with E-state index in [0.717, 1.165) is 25.9 Å². The molecule has 20 heavy (non-hydrogen) atoms. The van der Waals surface area contributed by atoms with Crippen LogP contribution in [-0.4, -0.2) is 58.7 Å². The van der Waals surface area contributed by atoms with E-state index in [1.54, 1.807) is 4.31 Å². The van der Waals surface area contributed by atoms with E-state index >= 15 is 0 Å². The largest absolute Gasteiger partial charge is 0.382 e. The molecule has 1 saturated heterocycles. The van der Waals surface area contributed by atoms with Gasteiger partial charge in [0.15, 0.2) is 0 Å². The van der Waals surface area contributed by atoms with Crippen LogP contribution >= 0.6 is 0 Å². The fourth-order valence-corrected chi connectivity index (χ4v) is 3.73. The van der Waals surface area contributed by atoms with Crippen molar-refractivity contribution in [2.24, 2.45) is 5.92 Å². The van der Waals surface area contributed by atoms with E-state index in [9.17, 15) is 8.42 Å². The maximum Gasteiger partial charge on any atom is 0.279 e. The second-order valence-electron chi connectivity index (χ2n) is 5.12. The average molecular weight is 307 g/mol. The highest BCUT2D eigenvalue weighted by atomic mass is 32.2. The maximum atomic E-state index is 12.2. The van der Waals surface area contributed by atoms with Crippen LogP contribution in [-0.2, 0) is 14.9 Å². The molecule has 1 heterocycles. The van der Waals surface area contributed by atoms with Gasteiger partial charge < -0.3 is 10.1 Å². The monoisotopic (exact) mass is 307 g/mol. The average Bonchev–Trinajstić information content (AvgIpc) is 2.45. The molecule has 1 aliphatic rings. The highest BCUT2D eigenvalue weighted by Crippen LogP contribution is 2.17. The van der Waals surface area contributed by atoms with E-state index < -0.39 is 10.2 Å². The summed E-state index contributed by atoms with van der Waals surface area (Å²) < 4.78 is 33.8. The summed E-state index contributed by atoms with van der Waals surface area (Å²) in [4.78, 5) is 0. The van der Waals surface area contributed by atoms with Gasteiger partial charge in [0.25, 0.3) is 10.2 Å². The molecule has 1 rings (SSSR count). The van der Waals surface area contributed by atoms with Crippen molar-refractivity contribution in [2.45, 2.75) is 33.1 Å². The molecule has 1 aliphatic heterocycles. The van der Waals surface area contributed by atoms with Crippen LogP contribution in [0.1, 0.15) is 33.1 Å². The van der Waals surface area contributed by atoms with Crippen molar-refractivity contribution in [3.05, 3.63) is 0 Å². The summed E-state index contributed by atoms with van der Waals surface area (Å²) in [5, 5.41) is 3.30. The van der Waals surface area contributed by atoms with Crippen LogP contribution in [0.15, 0.2) is 0 Å². The highest BCUT2D eigenvalue weighted by Gasteiger charge is 2.28. The lowest BCUT2D eigenvalue weighted by molar-refractivity contribution is 0.145. The molecule has 120 valence electrons. The lowest BCUT2D eigenvalue weighted by Gasteiger charge is -2.32. The van der Waals surface area contributed by atoms with E-state index in [4.69, 9.17) is 4.74 Å². The molecule has 0 saturated carbocycles. The van der Waals surface area contributed by atoms with Crippen LogP contribution in [0, 0.1) is 5.92 Å². The minimum atomic E-state index is -3.33. The van der Waals surface area contributed by atoms with Gasteiger partial charge in [-0.2, -0.15) is 12.7 Å². The van der Waals surface area contributed by atoms with Crippen molar-refractivity contribution < 1.29 is 13.2 Å². The van der Waals surface area contributed by atoms with Crippen molar-refractivity contribution >= 4 is 10.2 Å². The number of hydrogen-bond acceptors (Lipinski definition) is 4. The summed E-state index contributed by atoms with van der Waals surface area (Å²) in [6.45, 7) is 8.78. The summed E-state index contributed by atoms with van der Waals surface area (Å²) >= 11 is 0. The van der Waals surface area contributed by atoms with Gasteiger partial charge in [-0.15, -0.1) is 0 Å². The minimum absolute atomic E-state index is 0.420. The molecule has 0 spiro atoms. The molecule has 1 unspecified atom stereocenters. The van der Waals surface area contributed by atoms with Crippen LogP contribution in [0.2, 0.25) is 0 Å². The number of nitrogens with one attached hydrogen (secondary N) is 2. The molecule has 2 N–H and O–H groups in total. The van der Waals surface area contributed by atoms with Crippen LogP contribution in [0.25, 0.3) is 0 Å². The van der Waals surface area contributed by atoms with Gasteiger partial charge in [0.05, 0.1) is 0 Å².